The van der Waals surface area contributed by atoms with Crippen molar-refractivity contribution in [2.75, 3.05) is 0 Å². The summed E-state index contributed by atoms with van der Waals surface area (Å²) in [5.74, 6) is -0.918. The van der Waals surface area contributed by atoms with Crippen LogP contribution in [0.4, 0.5) is 0 Å². The number of primary amides is 2. The van der Waals surface area contributed by atoms with Crippen molar-refractivity contribution in [2.45, 2.75) is 31.3 Å². The number of carbonyl (C=O) groups is 2. The minimum absolute atomic E-state index is 0.117. The molecule has 0 fully saturated rings. The van der Waals surface area contributed by atoms with E-state index in [1.807, 2.05) is 0 Å². The predicted molar refractivity (Wildman–Crippen MR) is 48.0 cm³/mol. The highest BCUT2D eigenvalue weighted by Gasteiger charge is 2.20. The van der Waals surface area contributed by atoms with Gasteiger partial charge in [0.05, 0.1) is 5.66 Å². The molecule has 0 aliphatic heterocycles. The lowest BCUT2D eigenvalue weighted by Crippen LogP contribution is -2.50. The van der Waals surface area contributed by atoms with Gasteiger partial charge in [0.25, 0.3) is 0 Å². The molecule has 0 spiro atoms. The Morgan fingerprint density at radius 3 is 1.46 bits per heavy atom. The molecular formula is C7H16N4O2. The van der Waals surface area contributed by atoms with Gasteiger partial charge < -0.3 is 22.9 Å². The van der Waals surface area contributed by atoms with Gasteiger partial charge in [-0.3, -0.25) is 9.59 Å². The zero-order chi connectivity index (χ0) is 10.5. The van der Waals surface area contributed by atoms with E-state index in [9.17, 15) is 9.59 Å². The number of amides is 2. The van der Waals surface area contributed by atoms with E-state index in [1.165, 1.54) is 0 Å². The molecule has 0 rings (SSSR count). The highest BCUT2D eigenvalue weighted by Crippen LogP contribution is 2.09. The van der Waals surface area contributed by atoms with E-state index in [4.69, 9.17) is 22.9 Å². The van der Waals surface area contributed by atoms with E-state index in [0.29, 0.717) is 0 Å². The molecule has 0 aromatic heterocycles. The van der Waals surface area contributed by atoms with Crippen LogP contribution in [-0.4, -0.2) is 17.5 Å². The maximum Gasteiger partial charge on any atom is 0.217 e. The lowest BCUT2D eigenvalue weighted by molar-refractivity contribution is -0.118. The van der Waals surface area contributed by atoms with E-state index in [2.05, 4.69) is 0 Å². The normalized spacial score (nSPS) is 11.2. The summed E-state index contributed by atoms with van der Waals surface area (Å²) in [6.07, 6.45) is 0.753. The highest BCUT2D eigenvalue weighted by molar-refractivity contribution is 5.74. The second-order valence-corrected chi connectivity index (χ2v) is 3.17. The Hall–Kier alpha value is -1.14. The van der Waals surface area contributed by atoms with Gasteiger partial charge in [0.2, 0.25) is 11.8 Å². The number of nitrogens with two attached hydrogens (primary N) is 4. The van der Waals surface area contributed by atoms with E-state index in [-0.39, 0.29) is 25.7 Å². The molecule has 0 bridgehead atoms. The lowest BCUT2D eigenvalue weighted by Gasteiger charge is -2.22. The molecule has 0 aliphatic carbocycles. The van der Waals surface area contributed by atoms with Crippen LogP contribution in [0.15, 0.2) is 0 Å². The first-order valence-corrected chi connectivity index (χ1v) is 3.98. The fraction of sp³-hybridized carbons (Fsp3) is 0.714. The Morgan fingerprint density at radius 2 is 1.23 bits per heavy atom. The Balaban J connectivity index is 3.79. The molecule has 0 saturated carbocycles. The Kier molecular flexibility index (Phi) is 4.36. The quantitative estimate of drug-likeness (QED) is 0.363. The average Bonchev–Trinajstić information content (AvgIpc) is 1.98. The smallest absolute Gasteiger partial charge is 0.217 e. The van der Waals surface area contributed by atoms with Crippen molar-refractivity contribution in [3.8, 4) is 0 Å². The van der Waals surface area contributed by atoms with Crippen LogP contribution >= 0.6 is 0 Å². The SMILES string of the molecule is NC(=O)CCC(N)(N)CCC(N)=O. The predicted octanol–water partition coefficient (Wildman–Crippen LogP) is -1.87. The zero-order valence-corrected chi connectivity index (χ0v) is 7.45. The summed E-state index contributed by atoms with van der Waals surface area (Å²) >= 11 is 0. The molecule has 8 N–H and O–H groups in total. The maximum absolute atomic E-state index is 10.4. The van der Waals surface area contributed by atoms with Crippen LogP contribution in [0.3, 0.4) is 0 Å². The van der Waals surface area contributed by atoms with Crippen molar-refractivity contribution in [1.29, 1.82) is 0 Å². The third-order valence-corrected chi connectivity index (χ3v) is 1.67. The van der Waals surface area contributed by atoms with Crippen molar-refractivity contribution in [3.05, 3.63) is 0 Å². The fourth-order valence-electron chi connectivity index (χ4n) is 0.837. The first-order chi connectivity index (χ1) is 5.83. The van der Waals surface area contributed by atoms with E-state index in [0.717, 1.165) is 0 Å². The number of hydrogen-bond acceptors (Lipinski definition) is 4. The van der Waals surface area contributed by atoms with E-state index >= 15 is 0 Å². The van der Waals surface area contributed by atoms with Crippen LogP contribution in [0.1, 0.15) is 25.7 Å². The molecule has 6 heteroatoms. The summed E-state index contributed by atoms with van der Waals surface area (Å²) in [4.78, 5) is 20.8. The van der Waals surface area contributed by atoms with Crippen LogP contribution in [0.25, 0.3) is 0 Å². The molecule has 76 valence electrons. The molecule has 0 unspecified atom stereocenters. The van der Waals surface area contributed by atoms with Crippen LogP contribution in [0.2, 0.25) is 0 Å². The molecule has 0 saturated heterocycles. The van der Waals surface area contributed by atoms with Gasteiger partial charge in [-0.2, -0.15) is 0 Å². The van der Waals surface area contributed by atoms with E-state index in [1.54, 1.807) is 0 Å². The van der Waals surface area contributed by atoms with Gasteiger partial charge >= 0.3 is 0 Å². The Bertz CT molecular complexity index is 183. The number of rotatable bonds is 6. The summed E-state index contributed by atoms with van der Waals surface area (Å²) in [6.45, 7) is 0. The molecule has 0 radical (unpaired) electrons. The summed E-state index contributed by atoms with van der Waals surface area (Å²) < 4.78 is 0. The Morgan fingerprint density at radius 1 is 0.923 bits per heavy atom. The molecular weight excluding hydrogens is 172 g/mol. The maximum atomic E-state index is 10.4. The first kappa shape index (κ1) is 11.9. The monoisotopic (exact) mass is 188 g/mol. The van der Waals surface area contributed by atoms with Crippen molar-refractivity contribution >= 4 is 11.8 Å². The Labute approximate surface area is 76.6 Å². The van der Waals surface area contributed by atoms with Crippen molar-refractivity contribution in [3.63, 3.8) is 0 Å². The lowest BCUT2D eigenvalue weighted by atomic mass is 9.99. The molecule has 0 aromatic rings. The molecule has 0 aliphatic rings. The minimum atomic E-state index is -1.04. The van der Waals surface area contributed by atoms with Gasteiger partial charge in [0, 0.05) is 12.8 Å². The second kappa shape index (κ2) is 4.78. The van der Waals surface area contributed by atoms with Gasteiger partial charge in [-0.05, 0) is 12.8 Å². The van der Waals surface area contributed by atoms with Gasteiger partial charge in [0.15, 0.2) is 0 Å². The molecule has 0 aromatic carbocycles. The summed E-state index contributed by atoms with van der Waals surface area (Å²) in [6, 6.07) is 0. The largest absolute Gasteiger partial charge is 0.370 e. The molecule has 0 heterocycles. The summed E-state index contributed by atoms with van der Waals surface area (Å²) in [5, 5.41) is 0. The number of hydrogen-bond donors (Lipinski definition) is 4. The van der Waals surface area contributed by atoms with Gasteiger partial charge in [-0.25, -0.2) is 0 Å². The second-order valence-electron chi connectivity index (χ2n) is 3.17. The van der Waals surface area contributed by atoms with Crippen LogP contribution in [-0.2, 0) is 9.59 Å². The third kappa shape index (κ3) is 7.23. The summed E-state index contributed by atoms with van der Waals surface area (Å²) in [7, 11) is 0. The first-order valence-electron chi connectivity index (χ1n) is 3.98. The highest BCUT2D eigenvalue weighted by atomic mass is 16.1. The van der Waals surface area contributed by atoms with Gasteiger partial charge in [-0.15, -0.1) is 0 Å². The molecule has 2 amide bonds. The third-order valence-electron chi connectivity index (χ3n) is 1.67. The number of carbonyl (C=O) groups excluding carboxylic acids is 2. The van der Waals surface area contributed by atoms with Gasteiger partial charge in [-0.1, -0.05) is 0 Å². The average molecular weight is 188 g/mol. The summed E-state index contributed by atoms with van der Waals surface area (Å²) in [5.41, 5.74) is 19.9. The van der Waals surface area contributed by atoms with Crippen molar-refractivity contribution in [2.24, 2.45) is 22.9 Å². The zero-order valence-electron chi connectivity index (χ0n) is 7.45. The van der Waals surface area contributed by atoms with Crippen LogP contribution in [0.5, 0.6) is 0 Å². The van der Waals surface area contributed by atoms with Crippen LogP contribution in [0, 0.1) is 0 Å². The van der Waals surface area contributed by atoms with Crippen molar-refractivity contribution < 1.29 is 9.59 Å². The van der Waals surface area contributed by atoms with Gasteiger partial charge in [0.1, 0.15) is 0 Å². The van der Waals surface area contributed by atoms with Crippen LogP contribution < -0.4 is 22.9 Å². The van der Waals surface area contributed by atoms with Crippen molar-refractivity contribution in [1.82, 2.24) is 0 Å². The minimum Gasteiger partial charge on any atom is -0.370 e. The molecule has 13 heavy (non-hydrogen) atoms. The fourth-order valence-corrected chi connectivity index (χ4v) is 0.837. The standard InChI is InChI=1S/C7H16N4O2/c8-5(12)1-3-7(10,11)4-2-6(9)13/h1-4,10-11H2,(H2,8,12)(H2,9,13). The molecule has 0 atom stereocenters. The topological polar surface area (TPSA) is 138 Å². The van der Waals surface area contributed by atoms with E-state index < -0.39 is 17.5 Å². The molecule has 6 nitrogen and oxygen atoms in total.